The van der Waals surface area contributed by atoms with Gasteiger partial charge in [0, 0.05) is 17.2 Å². The van der Waals surface area contributed by atoms with Crippen LogP contribution in [-0.2, 0) is 7.05 Å². The van der Waals surface area contributed by atoms with Crippen LogP contribution in [0.5, 0.6) is 0 Å². The first-order valence-electron chi connectivity index (χ1n) is 8.11. The van der Waals surface area contributed by atoms with Gasteiger partial charge in [-0.25, -0.2) is 4.57 Å². The Morgan fingerprint density at radius 1 is 0.652 bits per heavy atom. The van der Waals surface area contributed by atoms with Crippen LogP contribution < -0.4 is 4.57 Å². The molecule has 0 unspecified atom stereocenters. The Kier molecular flexibility index (Phi) is 4.04. The van der Waals surface area contributed by atoms with E-state index in [1.807, 2.05) is 0 Å². The van der Waals surface area contributed by atoms with E-state index in [1.165, 1.54) is 44.6 Å². The molecule has 0 aliphatic heterocycles. The van der Waals surface area contributed by atoms with Crippen LogP contribution in [0.25, 0.3) is 22.4 Å². The molecule has 116 valence electrons. The zero-order valence-electron chi connectivity index (χ0n) is 14.6. The maximum atomic E-state index is 2.34. The van der Waals surface area contributed by atoms with Gasteiger partial charge in [-0.2, -0.15) is 0 Å². The molecular weight excluding hydrogens is 278 g/mol. The summed E-state index contributed by atoms with van der Waals surface area (Å²) < 4.78 is 2.22. The van der Waals surface area contributed by atoms with Gasteiger partial charge in [-0.15, -0.1) is 0 Å². The highest BCUT2D eigenvalue weighted by atomic mass is 14.9. The van der Waals surface area contributed by atoms with Crippen molar-refractivity contribution in [3.05, 3.63) is 77.0 Å². The van der Waals surface area contributed by atoms with E-state index in [-0.39, 0.29) is 0 Å². The molecule has 23 heavy (non-hydrogen) atoms. The molecule has 0 saturated heterocycles. The number of benzene rings is 2. The Bertz CT molecular complexity index is 875. The highest BCUT2D eigenvalue weighted by molar-refractivity contribution is 5.77. The Morgan fingerprint density at radius 2 is 1.35 bits per heavy atom. The molecule has 1 heterocycles. The Balaban J connectivity index is 2.24. The third-order valence-electron chi connectivity index (χ3n) is 4.56. The van der Waals surface area contributed by atoms with E-state index in [9.17, 15) is 0 Å². The highest BCUT2D eigenvalue weighted by Gasteiger charge is 2.15. The molecule has 0 atom stereocenters. The van der Waals surface area contributed by atoms with Gasteiger partial charge in [0.2, 0.25) is 5.69 Å². The highest BCUT2D eigenvalue weighted by Crippen LogP contribution is 2.32. The molecule has 3 aromatic rings. The summed E-state index contributed by atoms with van der Waals surface area (Å²) in [5.41, 5.74) is 10.4. The van der Waals surface area contributed by atoms with Crippen LogP contribution in [0.1, 0.15) is 22.3 Å². The van der Waals surface area contributed by atoms with Crippen molar-refractivity contribution in [2.24, 2.45) is 7.05 Å². The number of pyridine rings is 1. The quantitative estimate of drug-likeness (QED) is 0.581. The molecule has 0 saturated carbocycles. The van der Waals surface area contributed by atoms with Crippen molar-refractivity contribution in [1.82, 2.24) is 0 Å². The lowest BCUT2D eigenvalue weighted by molar-refractivity contribution is -0.660. The average molecular weight is 302 g/mol. The number of aromatic nitrogens is 1. The van der Waals surface area contributed by atoms with E-state index in [2.05, 4.69) is 94.0 Å². The second-order valence-corrected chi connectivity index (χ2v) is 6.50. The third-order valence-corrected chi connectivity index (χ3v) is 4.56. The zero-order chi connectivity index (χ0) is 16.6. The van der Waals surface area contributed by atoms with Crippen molar-refractivity contribution in [1.29, 1.82) is 0 Å². The molecule has 3 rings (SSSR count). The van der Waals surface area contributed by atoms with Gasteiger partial charge in [0.05, 0.1) is 0 Å². The van der Waals surface area contributed by atoms with Gasteiger partial charge >= 0.3 is 0 Å². The molecule has 1 nitrogen and oxygen atoms in total. The fraction of sp³-hybridized carbons (Fsp3) is 0.227. The second kappa shape index (κ2) is 6.00. The molecular formula is C22H24N+. The monoisotopic (exact) mass is 302 g/mol. The minimum Gasteiger partial charge on any atom is -0.201 e. The molecule has 0 fully saturated rings. The van der Waals surface area contributed by atoms with Gasteiger partial charge in [0.1, 0.15) is 7.05 Å². The van der Waals surface area contributed by atoms with Crippen molar-refractivity contribution in [2.45, 2.75) is 27.7 Å². The van der Waals surface area contributed by atoms with Gasteiger partial charge in [-0.05, 0) is 67.6 Å². The minimum absolute atomic E-state index is 1.25. The molecule has 0 amide bonds. The van der Waals surface area contributed by atoms with Crippen molar-refractivity contribution in [3.63, 3.8) is 0 Å². The fourth-order valence-electron chi connectivity index (χ4n) is 3.32. The summed E-state index contributed by atoms with van der Waals surface area (Å²) in [4.78, 5) is 0. The number of hydrogen-bond donors (Lipinski definition) is 0. The molecule has 2 aromatic carbocycles. The molecule has 0 bridgehead atoms. The number of aryl methyl sites for hydroxylation is 5. The summed E-state index contributed by atoms with van der Waals surface area (Å²) >= 11 is 0. The summed E-state index contributed by atoms with van der Waals surface area (Å²) in [6, 6.07) is 17.7. The second-order valence-electron chi connectivity index (χ2n) is 6.50. The Morgan fingerprint density at radius 3 is 2.04 bits per heavy atom. The SMILES string of the molecule is Cc1ccc(-c2cc(-c3ccccc3C)c(C)cc2C)[n+](C)c1. The predicted octanol–water partition coefficient (Wildman–Crippen LogP) is 5.08. The molecule has 1 heteroatoms. The summed E-state index contributed by atoms with van der Waals surface area (Å²) in [5, 5.41) is 0. The van der Waals surface area contributed by atoms with E-state index in [4.69, 9.17) is 0 Å². The lowest BCUT2D eigenvalue weighted by Gasteiger charge is -2.13. The lowest BCUT2D eigenvalue weighted by Crippen LogP contribution is -2.31. The van der Waals surface area contributed by atoms with Gasteiger partial charge < -0.3 is 0 Å². The van der Waals surface area contributed by atoms with E-state index in [0.717, 1.165) is 0 Å². The van der Waals surface area contributed by atoms with Crippen molar-refractivity contribution in [2.75, 3.05) is 0 Å². The number of rotatable bonds is 2. The largest absolute Gasteiger partial charge is 0.212 e. The standard InChI is InChI=1S/C22H24N/c1-15-10-11-22(23(5)14-15)21-13-20(17(3)12-18(21)4)19-9-7-6-8-16(19)2/h6-14H,1-5H3/q+1. The minimum atomic E-state index is 1.25. The summed E-state index contributed by atoms with van der Waals surface area (Å²) in [6.45, 7) is 8.71. The fourth-order valence-corrected chi connectivity index (χ4v) is 3.32. The zero-order valence-corrected chi connectivity index (χ0v) is 14.6. The van der Waals surface area contributed by atoms with Crippen LogP contribution in [0.2, 0.25) is 0 Å². The molecule has 0 aliphatic carbocycles. The normalized spacial score (nSPS) is 10.8. The summed E-state index contributed by atoms with van der Waals surface area (Å²) in [5.74, 6) is 0. The number of nitrogens with zero attached hydrogens (tertiary/aromatic N) is 1. The van der Waals surface area contributed by atoms with Gasteiger partial charge in [0.25, 0.3) is 0 Å². The average Bonchev–Trinajstić information content (AvgIpc) is 2.49. The van der Waals surface area contributed by atoms with Crippen LogP contribution in [-0.4, -0.2) is 0 Å². The first kappa shape index (κ1) is 15.5. The molecule has 0 spiro atoms. The van der Waals surface area contributed by atoms with Crippen LogP contribution in [0.15, 0.2) is 54.7 Å². The molecule has 0 N–H and O–H groups in total. The number of hydrogen-bond acceptors (Lipinski definition) is 0. The maximum Gasteiger partial charge on any atom is 0.212 e. The molecule has 0 radical (unpaired) electrons. The summed E-state index contributed by atoms with van der Waals surface area (Å²) in [7, 11) is 2.12. The van der Waals surface area contributed by atoms with Crippen molar-refractivity contribution < 1.29 is 4.57 Å². The van der Waals surface area contributed by atoms with Crippen LogP contribution in [0.4, 0.5) is 0 Å². The van der Waals surface area contributed by atoms with E-state index in [1.54, 1.807) is 0 Å². The predicted molar refractivity (Wildman–Crippen MR) is 97.4 cm³/mol. The first-order chi connectivity index (χ1) is 11.0. The van der Waals surface area contributed by atoms with E-state index >= 15 is 0 Å². The maximum absolute atomic E-state index is 2.34. The van der Waals surface area contributed by atoms with Crippen molar-refractivity contribution in [3.8, 4) is 22.4 Å². The molecule has 0 aliphatic rings. The van der Waals surface area contributed by atoms with Gasteiger partial charge in [0.15, 0.2) is 6.20 Å². The topological polar surface area (TPSA) is 3.88 Å². The van der Waals surface area contributed by atoms with E-state index < -0.39 is 0 Å². The van der Waals surface area contributed by atoms with Crippen LogP contribution >= 0.6 is 0 Å². The van der Waals surface area contributed by atoms with Gasteiger partial charge in [-0.3, -0.25) is 0 Å². The Hall–Kier alpha value is -2.41. The molecule has 1 aromatic heterocycles. The third kappa shape index (κ3) is 2.92. The summed E-state index contributed by atoms with van der Waals surface area (Å²) in [6.07, 6.45) is 2.18. The smallest absolute Gasteiger partial charge is 0.201 e. The lowest BCUT2D eigenvalue weighted by atomic mass is 9.91. The Labute approximate surface area is 139 Å². The first-order valence-corrected chi connectivity index (χ1v) is 8.11. The van der Waals surface area contributed by atoms with Crippen LogP contribution in [0.3, 0.4) is 0 Å². The van der Waals surface area contributed by atoms with Crippen molar-refractivity contribution >= 4 is 0 Å². The van der Waals surface area contributed by atoms with E-state index in [0.29, 0.717) is 0 Å². The van der Waals surface area contributed by atoms with Crippen LogP contribution in [0, 0.1) is 27.7 Å². The van der Waals surface area contributed by atoms with Gasteiger partial charge in [-0.1, -0.05) is 30.3 Å².